The van der Waals surface area contributed by atoms with Gasteiger partial charge in [0, 0.05) is 35.1 Å². The molecule has 0 amide bonds. The molecule has 0 saturated carbocycles. The van der Waals surface area contributed by atoms with E-state index in [1.54, 1.807) is 18.5 Å². The summed E-state index contributed by atoms with van der Waals surface area (Å²) in [5, 5.41) is 0.968. The smallest absolute Gasteiger partial charge is 0.150 e. The minimum atomic E-state index is 0.653. The van der Waals surface area contributed by atoms with Crippen LogP contribution in [0.15, 0.2) is 55.0 Å². The van der Waals surface area contributed by atoms with Gasteiger partial charge in [0.2, 0.25) is 0 Å². The van der Waals surface area contributed by atoms with Crippen LogP contribution in [-0.4, -0.2) is 16.3 Å². The van der Waals surface area contributed by atoms with E-state index in [4.69, 9.17) is 0 Å². The highest BCUT2D eigenvalue weighted by molar-refractivity contribution is 5.97. The van der Waals surface area contributed by atoms with Gasteiger partial charge in [0.05, 0.1) is 5.52 Å². The third-order valence-corrected chi connectivity index (χ3v) is 2.87. The van der Waals surface area contributed by atoms with Crippen LogP contribution in [0.3, 0.4) is 0 Å². The Morgan fingerprint density at radius 1 is 1.06 bits per heavy atom. The quantitative estimate of drug-likeness (QED) is 0.640. The van der Waals surface area contributed by atoms with Crippen molar-refractivity contribution in [1.82, 2.24) is 9.97 Å². The summed E-state index contributed by atoms with van der Waals surface area (Å²) in [5.41, 5.74) is 3.59. The fraction of sp³-hybridized carbons (Fsp3) is 0. The lowest BCUT2D eigenvalue weighted by Gasteiger charge is -2.06. The molecule has 0 fully saturated rings. The van der Waals surface area contributed by atoms with Crippen LogP contribution in [0.4, 0.5) is 0 Å². The molecule has 0 unspecified atom stereocenters. The highest BCUT2D eigenvalue weighted by Gasteiger charge is 2.05. The molecule has 0 saturated heterocycles. The van der Waals surface area contributed by atoms with Crippen molar-refractivity contribution in [3.63, 3.8) is 0 Å². The van der Waals surface area contributed by atoms with Gasteiger partial charge in [-0.2, -0.15) is 0 Å². The molecule has 0 spiro atoms. The molecule has 2 heterocycles. The summed E-state index contributed by atoms with van der Waals surface area (Å²) in [4.78, 5) is 19.3. The Balaban J connectivity index is 2.32. The number of hydrogen-bond acceptors (Lipinski definition) is 3. The average Bonchev–Trinajstić information content (AvgIpc) is 2.47. The molecule has 0 aliphatic heterocycles. The molecular formula is C15H10N2O. The first kappa shape index (κ1) is 10.6. The number of aromatic nitrogens is 2. The highest BCUT2D eigenvalue weighted by atomic mass is 16.1. The molecule has 0 atom stereocenters. The number of rotatable bonds is 2. The summed E-state index contributed by atoms with van der Waals surface area (Å²) in [6.45, 7) is 0. The van der Waals surface area contributed by atoms with Crippen molar-refractivity contribution in [1.29, 1.82) is 0 Å². The lowest BCUT2D eigenvalue weighted by molar-refractivity contribution is 0.112. The predicted octanol–water partition coefficient (Wildman–Crippen LogP) is 3.11. The van der Waals surface area contributed by atoms with E-state index in [-0.39, 0.29) is 0 Å². The first-order valence-corrected chi connectivity index (χ1v) is 5.63. The van der Waals surface area contributed by atoms with E-state index in [0.29, 0.717) is 5.56 Å². The van der Waals surface area contributed by atoms with Crippen molar-refractivity contribution >= 4 is 17.2 Å². The molecule has 3 nitrogen and oxygen atoms in total. The molecule has 0 aliphatic rings. The number of benzene rings is 1. The second-order valence-electron chi connectivity index (χ2n) is 3.99. The second-order valence-corrected chi connectivity index (χ2v) is 3.99. The summed E-state index contributed by atoms with van der Waals surface area (Å²) in [5.74, 6) is 0. The number of pyridine rings is 2. The van der Waals surface area contributed by atoms with Crippen molar-refractivity contribution in [3.05, 3.63) is 60.6 Å². The zero-order valence-corrected chi connectivity index (χ0v) is 9.58. The topological polar surface area (TPSA) is 42.9 Å². The summed E-state index contributed by atoms with van der Waals surface area (Å²) in [7, 11) is 0. The fourth-order valence-corrected chi connectivity index (χ4v) is 2.01. The molecule has 0 aliphatic carbocycles. The molecule has 3 rings (SSSR count). The van der Waals surface area contributed by atoms with Crippen LogP contribution in [0.25, 0.3) is 22.0 Å². The maximum Gasteiger partial charge on any atom is 0.150 e. The molecule has 18 heavy (non-hydrogen) atoms. The third kappa shape index (κ3) is 1.76. The SMILES string of the molecule is O=Cc1ccc2nccc(-c3cccnc3)c2c1. The van der Waals surface area contributed by atoms with Crippen LogP contribution in [0.2, 0.25) is 0 Å². The van der Waals surface area contributed by atoms with Crippen LogP contribution in [0.5, 0.6) is 0 Å². The number of aldehydes is 1. The van der Waals surface area contributed by atoms with Crippen LogP contribution in [-0.2, 0) is 0 Å². The molecule has 86 valence electrons. The maximum absolute atomic E-state index is 10.9. The van der Waals surface area contributed by atoms with E-state index in [9.17, 15) is 4.79 Å². The van der Waals surface area contributed by atoms with Crippen molar-refractivity contribution < 1.29 is 4.79 Å². The molecule has 3 aromatic rings. The van der Waals surface area contributed by atoms with E-state index < -0.39 is 0 Å². The van der Waals surface area contributed by atoms with Gasteiger partial charge in [0.15, 0.2) is 0 Å². The molecule has 0 radical (unpaired) electrons. The van der Waals surface area contributed by atoms with Gasteiger partial charge in [0.25, 0.3) is 0 Å². The van der Waals surface area contributed by atoms with Crippen LogP contribution < -0.4 is 0 Å². The lowest BCUT2D eigenvalue weighted by Crippen LogP contribution is -1.87. The van der Waals surface area contributed by atoms with Crippen LogP contribution in [0, 0.1) is 0 Å². The average molecular weight is 234 g/mol. The molecular weight excluding hydrogens is 224 g/mol. The van der Waals surface area contributed by atoms with Gasteiger partial charge in [-0.1, -0.05) is 6.07 Å². The Bertz CT molecular complexity index is 708. The van der Waals surface area contributed by atoms with Crippen LogP contribution in [0.1, 0.15) is 10.4 Å². The monoisotopic (exact) mass is 234 g/mol. The van der Waals surface area contributed by atoms with E-state index in [1.807, 2.05) is 36.5 Å². The first-order chi connectivity index (χ1) is 8.88. The van der Waals surface area contributed by atoms with Gasteiger partial charge >= 0.3 is 0 Å². The number of carbonyl (C=O) groups is 1. The van der Waals surface area contributed by atoms with Gasteiger partial charge in [0.1, 0.15) is 6.29 Å². The van der Waals surface area contributed by atoms with Crippen molar-refractivity contribution in [2.45, 2.75) is 0 Å². The highest BCUT2D eigenvalue weighted by Crippen LogP contribution is 2.27. The zero-order chi connectivity index (χ0) is 12.4. The van der Waals surface area contributed by atoms with Gasteiger partial charge in [-0.3, -0.25) is 14.8 Å². The summed E-state index contributed by atoms with van der Waals surface area (Å²) in [6.07, 6.45) is 6.16. The van der Waals surface area contributed by atoms with Crippen molar-refractivity contribution in [2.75, 3.05) is 0 Å². The first-order valence-electron chi connectivity index (χ1n) is 5.63. The minimum Gasteiger partial charge on any atom is -0.298 e. The summed E-state index contributed by atoms with van der Waals surface area (Å²) in [6, 6.07) is 11.3. The number of fused-ring (bicyclic) bond motifs is 1. The van der Waals surface area contributed by atoms with E-state index in [0.717, 1.165) is 28.3 Å². The van der Waals surface area contributed by atoms with Gasteiger partial charge in [-0.25, -0.2) is 0 Å². The molecule has 0 bridgehead atoms. The van der Waals surface area contributed by atoms with Crippen LogP contribution >= 0.6 is 0 Å². The van der Waals surface area contributed by atoms with Gasteiger partial charge in [-0.05, 0) is 35.9 Å². The number of hydrogen-bond donors (Lipinski definition) is 0. The third-order valence-electron chi connectivity index (χ3n) is 2.87. The second kappa shape index (κ2) is 4.37. The van der Waals surface area contributed by atoms with Gasteiger partial charge < -0.3 is 0 Å². The van der Waals surface area contributed by atoms with Gasteiger partial charge in [-0.15, -0.1) is 0 Å². The summed E-state index contributed by atoms with van der Waals surface area (Å²) < 4.78 is 0. The van der Waals surface area contributed by atoms with Crippen molar-refractivity contribution in [2.24, 2.45) is 0 Å². The maximum atomic E-state index is 10.9. The Hall–Kier alpha value is -2.55. The van der Waals surface area contributed by atoms with E-state index >= 15 is 0 Å². The Morgan fingerprint density at radius 2 is 2.00 bits per heavy atom. The minimum absolute atomic E-state index is 0.653. The number of nitrogens with zero attached hydrogens (tertiary/aromatic N) is 2. The largest absolute Gasteiger partial charge is 0.298 e. The van der Waals surface area contributed by atoms with Crippen molar-refractivity contribution in [3.8, 4) is 11.1 Å². The molecule has 2 aromatic heterocycles. The standard InChI is InChI=1S/C15H10N2O/c18-10-11-3-4-15-14(8-11)13(5-7-17-15)12-2-1-6-16-9-12/h1-10H. The van der Waals surface area contributed by atoms with E-state index in [1.165, 1.54) is 0 Å². The Kier molecular flexibility index (Phi) is 2.57. The molecule has 3 heteroatoms. The zero-order valence-electron chi connectivity index (χ0n) is 9.58. The Morgan fingerprint density at radius 3 is 2.78 bits per heavy atom. The molecule has 0 N–H and O–H groups in total. The predicted molar refractivity (Wildman–Crippen MR) is 70.4 cm³/mol. The normalized spacial score (nSPS) is 10.4. The number of carbonyl (C=O) groups excluding carboxylic acids is 1. The summed E-state index contributed by atoms with van der Waals surface area (Å²) >= 11 is 0. The lowest BCUT2D eigenvalue weighted by atomic mass is 10.0. The fourth-order valence-electron chi connectivity index (χ4n) is 2.01. The Labute approximate surface area is 104 Å². The van der Waals surface area contributed by atoms with E-state index in [2.05, 4.69) is 9.97 Å². The molecule has 1 aromatic carbocycles.